The second kappa shape index (κ2) is 5.54. The lowest BCUT2D eigenvalue weighted by Gasteiger charge is -2.33. The summed E-state index contributed by atoms with van der Waals surface area (Å²) in [5.41, 5.74) is 0.971. The molecule has 0 bridgehead atoms. The van der Waals surface area contributed by atoms with Crippen molar-refractivity contribution in [2.75, 3.05) is 19.0 Å². The SMILES string of the molecule is CNCc1coc(N(C)C2CCCC(C)C2)n1. The molecule has 1 heterocycles. The van der Waals surface area contributed by atoms with E-state index < -0.39 is 0 Å². The Labute approximate surface area is 103 Å². The summed E-state index contributed by atoms with van der Waals surface area (Å²) in [6.45, 7) is 3.10. The first-order chi connectivity index (χ1) is 8.20. The average Bonchev–Trinajstić information content (AvgIpc) is 2.77. The van der Waals surface area contributed by atoms with Crippen LogP contribution in [0.25, 0.3) is 0 Å². The van der Waals surface area contributed by atoms with Gasteiger partial charge in [-0.2, -0.15) is 4.98 Å². The number of rotatable bonds is 4. The number of hydrogen-bond acceptors (Lipinski definition) is 4. The van der Waals surface area contributed by atoms with Crippen molar-refractivity contribution in [3.63, 3.8) is 0 Å². The van der Waals surface area contributed by atoms with E-state index in [2.05, 4.69) is 29.2 Å². The molecule has 1 aliphatic rings. The summed E-state index contributed by atoms with van der Waals surface area (Å²) in [6, 6.07) is 1.34. The van der Waals surface area contributed by atoms with Crippen molar-refractivity contribution in [2.45, 2.75) is 45.2 Å². The Hall–Kier alpha value is -1.03. The van der Waals surface area contributed by atoms with E-state index >= 15 is 0 Å². The number of hydrogen-bond donors (Lipinski definition) is 1. The molecule has 0 aliphatic heterocycles. The third-order valence-corrected chi connectivity index (χ3v) is 3.66. The fourth-order valence-electron chi connectivity index (χ4n) is 2.63. The van der Waals surface area contributed by atoms with Gasteiger partial charge < -0.3 is 14.6 Å². The summed E-state index contributed by atoms with van der Waals surface area (Å²) in [6.07, 6.45) is 6.93. The van der Waals surface area contributed by atoms with Crippen molar-refractivity contribution in [3.05, 3.63) is 12.0 Å². The molecule has 0 radical (unpaired) electrons. The average molecular weight is 237 g/mol. The maximum Gasteiger partial charge on any atom is 0.297 e. The Morgan fingerprint density at radius 3 is 3.06 bits per heavy atom. The first kappa shape index (κ1) is 12.4. The minimum Gasteiger partial charge on any atom is -0.432 e. The second-order valence-electron chi connectivity index (χ2n) is 5.19. The predicted octanol–water partition coefficient (Wildman–Crippen LogP) is 2.41. The summed E-state index contributed by atoms with van der Waals surface area (Å²) < 4.78 is 5.54. The zero-order valence-electron chi connectivity index (χ0n) is 11.1. The van der Waals surface area contributed by atoms with Gasteiger partial charge in [-0.05, 0) is 25.8 Å². The van der Waals surface area contributed by atoms with Crippen LogP contribution in [-0.4, -0.2) is 25.1 Å². The van der Waals surface area contributed by atoms with Crippen LogP contribution in [0, 0.1) is 5.92 Å². The van der Waals surface area contributed by atoms with Crippen molar-refractivity contribution >= 4 is 6.01 Å². The third-order valence-electron chi connectivity index (χ3n) is 3.66. The predicted molar refractivity (Wildman–Crippen MR) is 69.1 cm³/mol. The number of anilines is 1. The molecule has 1 aromatic heterocycles. The lowest BCUT2D eigenvalue weighted by Crippen LogP contribution is -2.35. The molecule has 1 saturated carbocycles. The molecule has 1 aromatic rings. The topological polar surface area (TPSA) is 41.3 Å². The fraction of sp³-hybridized carbons (Fsp3) is 0.769. The van der Waals surface area contributed by atoms with E-state index in [1.54, 1.807) is 6.26 Å². The summed E-state index contributed by atoms with van der Waals surface area (Å²) >= 11 is 0. The van der Waals surface area contributed by atoms with E-state index in [1.165, 1.54) is 25.7 Å². The van der Waals surface area contributed by atoms with E-state index in [4.69, 9.17) is 4.42 Å². The van der Waals surface area contributed by atoms with E-state index in [1.807, 2.05) is 7.05 Å². The van der Waals surface area contributed by atoms with Crippen molar-refractivity contribution in [2.24, 2.45) is 5.92 Å². The quantitative estimate of drug-likeness (QED) is 0.873. The van der Waals surface area contributed by atoms with Gasteiger partial charge in [0.2, 0.25) is 0 Å². The van der Waals surface area contributed by atoms with Crippen LogP contribution in [0.15, 0.2) is 10.7 Å². The van der Waals surface area contributed by atoms with E-state index in [0.717, 1.165) is 24.2 Å². The molecule has 1 aliphatic carbocycles. The highest BCUT2D eigenvalue weighted by molar-refractivity contribution is 5.27. The Bertz CT molecular complexity index is 350. The smallest absolute Gasteiger partial charge is 0.297 e. The van der Waals surface area contributed by atoms with Crippen LogP contribution < -0.4 is 10.2 Å². The molecule has 2 unspecified atom stereocenters. The van der Waals surface area contributed by atoms with Gasteiger partial charge in [0.1, 0.15) is 6.26 Å². The third kappa shape index (κ3) is 3.00. The molecule has 4 nitrogen and oxygen atoms in total. The van der Waals surface area contributed by atoms with Crippen LogP contribution >= 0.6 is 0 Å². The highest BCUT2D eigenvalue weighted by atomic mass is 16.4. The maximum atomic E-state index is 5.54. The number of nitrogens with zero attached hydrogens (tertiary/aromatic N) is 2. The molecule has 0 amide bonds. The molecule has 0 spiro atoms. The zero-order valence-corrected chi connectivity index (χ0v) is 11.1. The monoisotopic (exact) mass is 237 g/mol. The standard InChI is InChI=1S/C13H23N3O/c1-10-5-4-6-12(7-10)16(3)13-15-11(8-14-2)9-17-13/h9-10,12,14H,4-8H2,1-3H3. The van der Waals surface area contributed by atoms with Gasteiger partial charge in [-0.3, -0.25) is 0 Å². The minimum absolute atomic E-state index is 0.583. The molecular weight excluding hydrogens is 214 g/mol. The van der Waals surface area contributed by atoms with Crippen LogP contribution in [-0.2, 0) is 6.54 Å². The molecule has 1 fully saturated rings. The van der Waals surface area contributed by atoms with Crippen molar-refractivity contribution < 1.29 is 4.42 Å². The molecular formula is C13H23N3O. The molecule has 0 saturated heterocycles. The summed E-state index contributed by atoms with van der Waals surface area (Å²) in [7, 11) is 4.01. The van der Waals surface area contributed by atoms with Crippen LogP contribution in [0.1, 0.15) is 38.3 Å². The normalized spacial score (nSPS) is 24.9. The second-order valence-corrected chi connectivity index (χ2v) is 5.19. The first-order valence-corrected chi connectivity index (χ1v) is 6.52. The number of nitrogens with one attached hydrogen (secondary N) is 1. The molecule has 2 atom stereocenters. The highest BCUT2D eigenvalue weighted by Crippen LogP contribution is 2.29. The molecule has 0 aromatic carbocycles. The van der Waals surface area contributed by atoms with Gasteiger partial charge in [0.15, 0.2) is 0 Å². The van der Waals surface area contributed by atoms with Crippen LogP contribution in [0.2, 0.25) is 0 Å². The molecule has 1 N–H and O–H groups in total. The Morgan fingerprint density at radius 1 is 1.53 bits per heavy atom. The lowest BCUT2D eigenvalue weighted by atomic mass is 9.86. The van der Waals surface area contributed by atoms with Crippen LogP contribution in [0.4, 0.5) is 6.01 Å². The molecule has 2 rings (SSSR count). The fourth-order valence-corrected chi connectivity index (χ4v) is 2.63. The van der Waals surface area contributed by atoms with Gasteiger partial charge in [0.05, 0.1) is 5.69 Å². The molecule has 96 valence electrons. The number of oxazole rings is 1. The van der Waals surface area contributed by atoms with Crippen LogP contribution in [0.5, 0.6) is 0 Å². The van der Waals surface area contributed by atoms with Gasteiger partial charge in [0.25, 0.3) is 6.01 Å². The van der Waals surface area contributed by atoms with E-state index in [9.17, 15) is 0 Å². The van der Waals surface area contributed by atoms with Gasteiger partial charge in [-0.15, -0.1) is 0 Å². The number of aromatic nitrogens is 1. The Kier molecular flexibility index (Phi) is 4.05. The van der Waals surface area contributed by atoms with Gasteiger partial charge in [0, 0.05) is 19.6 Å². The summed E-state index contributed by atoms with van der Waals surface area (Å²) in [5.74, 6) is 0.822. The molecule has 4 heteroatoms. The molecule has 17 heavy (non-hydrogen) atoms. The largest absolute Gasteiger partial charge is 0.432 e. The van der Waals surface area contributed by atoms with Crippen molar-refractivity contribution in [3.8, 4) is 0 Å². The highest BCUT2D eigenvalue weighted by Gasteiger charge is 2.24. The van der Waals surface area contributed by atoms with Gasteiger partial charge in [-0.25, -0.2) is 0 Å². The maximum absolute atomic E-state index is 5.54. The van der Waals surface area contributed by atoms with Crippen LogP contribution in [0.3, 0.4) is 0 Å². The lowest BCUT2D eigenvalue weighted by molar-refractivity contribution is 0.327. The van der Waals surface area contributed by atoms with Gasteiger partial charge in [-0.1, -0.05) is 19.8 Å². The van der Waals surface area contributed by atoms with Crippen molar-refractivity contribution in [1.29, 1.82) is 0 Å². The zero-order chi connectivity index (χ0) is 12.3. The first-order valence-electron chi connectivity index (χ1n) is 6.52. The minimum atomic E-state index is 0.583. The Balaban J connectivity index is 1.99. The van der Waals surface area contributed by atoms with Crippen molar-refractivity contribution in [1.82, 2.24) is 10.3 Å². The summed E-state index contributed by atoms with van der Waals surface area (Å²) in [5, 5.41) is 3.08. The summed E-state index contributed by atoms with van der Waals surface area (Å²) in [4.78, 5) is 6.70. The Morgan fingerprint density at radius 2 is 2.35 bits per heavy atom. The van der Waals surface area contributed by atoms with E-state index in [-0.39, 0.29) is 0 Å². The van der Waals surface area contributed by atoms with Gasteiger partial charge >= 0.3 is 0 Å². The van der Waals surface area contributed by atoms with E-state index in [0.29, 0.717) is 6.04 Å².